The molecular formula is C13H13BrN2S. The molecule has 17 heavy (non-hydrogen) atoms. The zero-order valence-electron chi connectivity index (χ0n) is 9.77. The van der Waals surface area contributed by atoms with Crippen LogP contribution in [-0.4, -0.2) is 9.97 Å². The van der Waals surface area contributed by atoms with Gasteiger partial charge >= 0.3 is 0 Å². The predicted molar refractivity (Wildman–Crippen MR) is 75.2 cm³/mol. The Morgan fingerprint density at radius 2 is 1.65 bits per heavy atom. The summed E-state index contributed by atoms with van der Waals surface area (Å²) >= 11 is 5.10. The largest absolute Gasteiger partial charge is 0.228 e. The zero-order chi connectivity index (χ0) is 12.3. The van der Waals surface area contributed by atoms with Crippen molar-refractivity contribution in [1.29, 1.82) is 0 Å². The van der Waals surface area contributed by atoms with Crippen molar-refractivity contribution in [2.45, 2.75) is 24.8 Å². The van der Waals surface area contributed by atoms with Crippen molar-refractivity contribution in [1.82, 2.24) is 9.97 Å². The van der Waals surface area contributed by atoms with E-state index >= 15 is 0 Å². The standard InChI is InChI=1S/C13H13BrN2S/c1-9-7-10(2)16-13(15-9)17-8-11-3-5-12(14)6-4-11/h3-7H,8H2,1-2H3. The molecule has 0 spiro atoms. The molecule has 0 N–H and O–H groups in total. The quantitative estimate of drug-likeness (QED) is 0.629. The number of rotatable bonds is 3. The van der Waals surface area contributed by atoms with E-state index in [0.29, 0.717) is 0 Å². The zero-order valence-corrected chi connectivity index (χ0v) is 12.2. The van der Waals surface area contributed by atoms with Crippen molar-refractivity contribution in [2.24, 2.45) is 0 Å². The molecule has 2 aromatic rings. The summed E-state index contributed by atoms with van der Waals surface area (Å²) in [6.07, 6.45) is 0. The lowest BCUT2D eigenvalue weighted by Crippen LogP contribution is -1.93. The normalized spacial score (nSPS) is 10.5. The third kappa shape index (κ3) is 3.82. The van der Waals surface area contributed by atoms with E-state index in [-0.39, 0.29) is 0 Å². The van der Waals surface area contributed by atoms with E-state index in [1.54, 1.807) is 11.8 Å². The molecule has 2 nitrogen and oxygen atoms in total. The number of halogens is 1. The lowest BCUT2D eigenvalue weighted by molar-refractivity contribution is 0.902. The number of hydrogen-bond acceptors (Lipinski definition) is 3. The van der Waals surface area contributed by atoms with Crippen LogP contribution in [0.2, 0.25) is 0 Å². The molecule has 4 heteroatoms. The Morgan fingerprint density at radius 3 is 2.24 bits per heavy atom. The molecule has 0 fully saturated rings. The summed E-state index contributed by atoms with van der Waals surface area (Å²) in [5.41, 5.74) is 3.33. The Morgan fingerprint density at radius 1 is 1.06 bits per heavy atom. The molecule has 1 aromatic heterocycles. The van der Waals surface area contributed by atoms with Gasteiger partial charge in [-0.15, -0.1) is 0 Å². The maximum Gasteiger partial charge on any atom is 0.188 e. The van der Waals surface area contributed by atoms with Gasteiger partial charge < -0.3 is 0 Å². The second-order valence-corrected chi connectivity index (χ2v) is 5.71. The van der Waals surface area contributed by atoms with Crippen molar-refractivity contribution < 1.29 is 0 Å². The van der Waals surface area contributed by atoms with Gasteiger partial charge in [-0.05, 0) is 37.6 Å². The van der Waals surface area contributed by atoms with Crippen molar-refractivity contribution in [3.63, 3.8) is 0 Å². The maximum atomic E-state index is 4.41. The lowest BCUT2D eigenvalue weighted by Gasteiger charge is -2.03. The van der Waals surface area contributed by atoms with Crippen LogP contribution in [0.25, 0.3) is 0 Å². The minimum atomic E-state index is 0.852. The Labute approximate surface area is 114 Å². The summed E-state index contributed by atoms with van der Waals surface area (Å²) in [7, 11) is 0. The number of thioether (sulfide) groups is 1. The van der Waals surface area contributed by atoms with E-state index in [1.807, 2.05) is 19.9 Å². The molecule has 0 aliphatic heterocycles. The predicted octanol–water partition coefficient (Wildman–Crippen LogP) is 4.15. The summed E-state index contributed by atoms with van der Waals surface area (Å²) in [5, 5.41) is 0.852. The summed E-state index contributed by atoms with van der Waals surface area (Å²) in [4.78, 5) is 8.82. The fourth-order valence-corrected chi connectivity index (χ4v) is 2.66. The van der Waals surface area contributed by atoms with Gasteiger partial charge in [0, 0.05) is 21.6 Å². The Balaban J connectivity index is 2.04. The minimum Gasteiger partial charge on any atom is -0.228 e. The van der Waals surface area contributed by atoms with E-state index < -0.39 is 0 Å². The van der Waals surface area contributed by atoms with Gasteiger partial charge in [0.1, 0.15) is 0 Å². The van der Waals surface area contributed by atoms with Crippen LogP contribution in [0.1, 0.15) is 17.0 Å². The molecule has 0 saturated carbocycles. The molecule has 0 atom stereocenters. The van der Waals surface area contributed by atoms with E-state index in [1.165, 1.54) is 5.56 Å². The van der Waals surface area contributed by atoms with E-state index in [9.17, 15) is 0 Å². The highest BCUT2D eigenvalue weighted by molar-refractivity contribution is 9.10. The van der Waals surface area contributed by atoms with E-state index in [0.717, 1.165) is 26.8 Å². The lowest BCUT2D eigenvalue weighted by atomic mass is 10.2. The first-order chi connectivity index (χ1) is 8.13. The third-order valence-corrected chi connectivity index (χ3v) is 3.69. The van der Waals surface area contributed by atoms with Crippen LogP contribution in [0.5, 0.6) is 0 Å². The molecule has 0 bridgehead atoms. The van der Waals surface area contributed by atoms with Crippen LogP contribution in [0.4, 0.5) is 0 Å². The average molecular weight is 309 g/mol. The van der Waals surface area contributed by atoms with Gasteiger partial charge in [-0.1, -0.05) is 39.8 Å². The molecule has 1 heterocycles. The van der Waals surface area contributed by atoms with Gasteiger partial charge in [-0.25, -0.2) is 9.97 Å². The van der Waals surface area contributed by atoms with Crippen LogP contribution in [0.15, 0.2) is 40.0 Å². The second kappa shape index (κ2) is 5.65. The van der Waals surface area contributed by atoms with Crippen LogP contribution < -0.4 is 0 Å². The first-order valence-electron chi connectivity index (χ1n) is 5.33. The molecule has 0 radical (unpaired) electrons. The van der Waals surface area contributed by atoms with Crippen LogP contribution in [0.3, 0.4) is 0 Å². The highest BCUT2D eigenvalue weighted by Crippen LogP contribution is 2.21. The summed E-state index contributed by atoms with van der Waals surface area (Å²) in [5.74, 6) is 0.899. The molecule has 88 valence electrons. The van der Waals surface area contributed by atoms with Crippen molar-refractivity contribution in [2.75, 3.05) is 0 Å². The Bertz CT molecular complexity index is 491. The SMILES string of the molecule is Cc1cc(C)nc(SCc2ccc(Br)cc2)n1. The first-order valence-corrected chi connectivity index (χ1v) is 7.11. The van der Waals surface area contributed by atoms with Crippen LogP contribution in [0, 0.1) is 13.8 Å². The van der Waals surface area contributed by atoms with Gasteiger partial charge in [0.05, 0.1) is 0 Å². The number of benzene rings is 1. The Hall–Kier alpha value is -0.870. The number of aromatic nitrogens is 2. The van der Waals surface area contributed by atoms with Gasteiger partial charge in [-0.2, -0.15) is 0 Å². The van der Waals surface area contributed by atoms with Crippen molar-refractivity contribution >= 4 is 27.7 Å². The highest BCUT2D eigenvalue weighted by Gasteiger charge is 2.01. The van der Waals surface area contributed by atoms with Crippen LogP contribution >= 0.6 is 27.7 Å². The van der Waals surface area contributed by atoms with E-state index in [4.69, 9.17) is 0 Å². The van der Waals surface area contributed by atoms with Gasteiger partial charge in [0.15, 0.2) is 5.16 Å². The summed E-state index contributed by atoms with van der Waals surface area (Å²) < 4.78 is 1.11. The highest BCUT2D eigenvalue weighted by atomic mass is 79.9. The molecule has 0 saturated heterocycles. The molecular weight excluding hydrogens is 296 g/mol. The fourth-order valence-electron chi connectivity index (χ4n) is 1.49. The van der Waals surface area contributed by atoms with Gasteiger partial charge in [-0.3, -0.25) is 0 Å². The van der Waals surface area contributed by atoms with Crippen LogP contribution in [-0.2, 0) is 5.75 Å². The van der Waals surface area contributed by atoms with Gasteiger partial charge in [0.2, 0.25) is 0 Å². The Kier molecular flexibility index (Phi) is 4.18. The minimum absolute atomic E-state index is 0.852. The summed E-state index contributed by atoms with van der Waals surface area (Å²) in [6.45, 7) is 4.00. The number of hydrogen-bond donors (Lipinski definition) is 0. The first kappa shape index (κ1) is 12.6. The monoisotopic (exact) mass is 308 g/mol. The third-order valence-electron chi connectivity index (χ3n) is 2.24. The van der Waals surface area contributed by atoms with Crippen molar-refractivity contribution in [3.05, 3.63) is 51.8 Å². The molecule has 0 amide bonds. The van der Waals surface area contributed by atoms with Gasteiger partial charge in [0.25, 0.3) is 0 Å². The molecule has 0 unspecified atom stereocenters. The molecule has 0 aliphatic rings. The fraction of sp³-hybridized carbons (Fsp3) is 0.231. The maximum absolute atomic E-state index is 4.41. The second-order valence-electron chi connectivity index (χ2n) is 3.85. The smallest absolute Gasteiger partial charge is 0.188 e. The molecule has 0 aliphatic carbocycles. The molecule has 1 aromatic carbocycles. The van der Waals surface area contributed by atoms with Crippen molar-refractivity contribution in [3.8, 4) is 0 Å². The topological polar surface area (TPSA) is 25.8 Å². The average Bonchev–Trinajstić information content (AvgIpc) is 2.27. The summed E-state index contributed by atoms with van der Waals surface area (Å²) in [6, 6.07) is 10.3. The number of aryl methyl sites for hydroxylation is 2. The number of nitrogens with zero attached hydrogens (tertiary/aromatic N) is 2. The van der Waals surface area contributed by atoms with E-state index in [2.05, 4.69) is 50.2 Å². The molecule has 2 rings (SSSR count).